The van der Waals surface area contributed by atoms with E-state index in [2.05, 4.69) is 10.6 Å². The minimum Gasteiger partial charge on any atom is -0.383 e. The minimum atomic E-state index is -0.312. The van der Waals surface area contributed by atoms with Crippen LogP contribution in [0.15, 0.2) is 24.3 Å². The summed E-state index contributed by atoms with van der Waals surface area (Å²) in [6.07, 6.45) is 1.85. The molecule has 1 aromatic carbocycles. The van der Waals surface area contributed by atoms with Crippen LogP contribution >= 0.6 is 12.4 Å². The van der Waals surface area contributed by atoms with Crippen molar-refractivity contribution in [3.63, 3.8) is 0 Å². The summed E-state index contributed by atoms with van der Waals surface area (Å²) in [5.41, 5.74) is 0.783. The van der Waals surface area contributed by atoms with Gasteiger partial charge in [0.25, 0.3) is 0 Å². The molecule has 0 spiro atoms. The topological polar surface area (TPSA) is 70.7 Å². The van der Waals surface area contributed by atoms with Gasteiger partial charge in [0.1, 0.15) is 5.82 Å². The second-order valence-corrected chi connectivity index (χ2v) is 6.52. The number of benzene rings is 1. The molecule has 6 nitrogen and oxygen atoms in total. The van der Waals surface area contributed by atoms with Gasteiger partial charge in [0.2, 0.25) is 11.8 Å². The molecule has 2 amide bonds. The molecule has 1 saturated heterocycles. The predicted octanol–water partition coefficient (Wildman–Crippen LogP) is 1.38. The van der Waals surface area contributed by atoms with E-state index in [9.17, 15) is 14.0 Å². The normalized spacial score (nSPS) is 16.5. The number of piperidine rings is 1. The Labute approximate surface area is 166 Å². The van der Waals surface area contributed by atoms with Gasteiger partial charge < -0.3 is 20.3 Å². The molecule has 0 saturated carbocycles. The quantitative estimate of drug-likeness (QED) is 0.613. The van der Waals surface area contributed by atoms with E-state index in [0.29, 0.717) is 32.8 Å². The Morgan fingerprint density at radius 3 is 2.67 bits per heavy atom. The summed E-state index contributed by atoms with van der Waals surface area (Å²) in [4.78, 5) is 26.5. The third-order valence-electron chi connectivity index (χ3n) is 4.50. The molecular formula is C19H29ClFN3O3. The Morgan fingerprint density at radius 2 is 1.96 bits per heavy atom. The number of ether oxygens (including phenoxy) is 1. The highest BCUT2D eigenvalue weighted by Crippen LogP contribution is 2.18. The zero-order chi connectivity index (χ0) is 18.8. The molecule has 0 bridgehead atoms. The first-order chi connectivity index (χ1) is 12.6. The van der Waals surface area contributed by atoms with Crippen molar-refractivity contribution in [3.8, 4) is 0 Å². The molecule has 2 N–H and O–H groups in total. The fraction of sp³-hybridized carbons (Fsp3) is 0.579. The van der Waals surface area contributed by atoms with Crippen molar-refractivity contribution in [1.82, 2.24) is 15.5 Å². The average molecular weight is 402 g/mol. The van der Waals surface area contributed by atoms with Gasteiger partial charge in [-0.25, -0.2) is 4.39 Å². The van der Waals surface area contributed by atoms with Crippen molar-refractivity contribution < 1.29 is 18.7 Å². The lowest BCUT2D eigenvalue weighted by molar-refractivity contribution is -0.135. The second-order valence-electron chi connectivity index (χ2n) is 6.52. The number of carbonyl (C=O) groups excluding carboxylic acids is 2. The van der Waals surface area contributed by atoms with Crippen LogP contribution in [0.1, 0.15) is 18.4 Å². The number of rotatable bonds is 9. The summed E-state index contributed by atoms with van der Waals surface area (Å²) in [6, 6.07) is 5.96. The molecule has 27 heavy (non-hydrogen) atoms. The SMILES string of the molecule is COCCNCCNC(=O)C1CCCN(C(=O)Cc2ccc(F)cc2)C1.Cl. The first kappa shape index (κ1) is 23.3. The van der Waals surface area contributed by atoms with Crippen molar-refractivity contribution in [2.24, 2.45) is 5.92 Å². The van der Waals surface area contributed by atoms with Crippen molar-refractivity contribution in [1.29, 1.82) is 0 Å². The van der Waals surface area contributed by atoms with Crippen LogP contribution in [-0.2, 0) is 20.7 Å². The molecular weight excluding hydrogens is 373 g/mol. The number of hydrogen-bond acceptors (Lipinski definition) is 4. The van der Waals surface area contributed by atoms with Gasteiger partial charge in [-0.1, -0.05) is 12.1 Å². The molecule has 152 valence electrons. The molecule has 2 rings (SSSR count). The summed E-state index contributed by atoms with van der Waals surface area (Å²) < 4.78 is 17.9. The minimum absolute atomic E-state index is 0. The van der Waals surface area contributed by atoms with Crippen molar-refractivity contribution in [2.75, 3.05) is 46.4 Å². The Hall–Kier alpha value is -1.70. The summed E-state index contributed by atoms with van der Waals surface area (Å²) in [6.45, 7) is 3.76. The molecule has 1 unspecified atom stereocenters. The first-order valence-corrected chi connectivity index (χ1v) is 9.09. The molecule has 1 aliphatic rings. The van der Waals surface area contributed by atoms with Gasteiger partial charge in [0.15, 0.2) is 0 Å². The molecule has 1 atom stereocenters. The molecule has 0 radical (unpaired) electrons. The highest BCUT2D eigenvalue weighted by atomic mass is 35.5. The van der Waals surface area contributed by atoms with E-state index >= 15 is 0 Å². The maximum absolute atomic E-state index is 13.0. The van der Waals surface area contributed by atoms with Gasteiger partial charge in [0.05, 0.1) is 18.9 Å². The molecule has 0 aliphatic carbocycles. The summed E-state index contributed by atoms with van der Waals surface area (Å²) in [5, 5.41) is 6.09. The Bertz CT molecular complexity index is 586. The fourth-order valence-corrected chi connectivity index (χ4v) is 3.02. The average Bonchev–Trinajstić information content (AvgIpc) is 2.66. The van der Waals surface area contributed by atoms with Crippen LogP contribution in [-0.4, -0.2) is 63.2 Å². The molecule has 1 aromatic rings. The highest BCUT2D eigenvalue weighted by molar-refractivity contribution is 5.85. The van der Waals surface area contributed by atoms with Crippen LogP contribution in [0.5, 0.6) is 0 Å². The number of methoxy groups -OCH3 is 1. The Morgan fingerprint density at radius 1 is 1.22 bits per heavy atom. The van der Waals surface area contributed by atoms with E-state index in [0.717, 1.165) is 24.9 Å². The number of hydrogen-bond donors (Lipinski definition) is 2. The standard InChI is InChI=1S/C19H28FN3O3.ClH/c1-26-12-10-21-8-9-22-19(25)16-3-2-11-23(14-16)18(24)13-15-4-6-17(20)7-5-15;/h4-7,16,21H,2-3,8-14H2,1H3,(H,22,25);1H. The van der Waals surface area contributed by atoms with Crippen LogP contribution in [0.2, 0.25) is 0 Å². The number of carbonyl (C=O) groups is 2. The van der Waals surface area contributed by atoms with E-state index in [4.69, 9.17) is 4.74 Å². The summed E-state index contributed by atoms with van der Waals surface area (Å²) >= 11 is 0. The molecule has 0 aromatic heterocycles. The second kappa shape index (κ2) is 12.6. The van der Waals surface area contributed by atoms with Gasteiger partial charge >= 0.3 is 0 Å². The Balaban J connectivity index is 0.00000364. The van der Waals surface area contributed by atoms with Crippen molar-refractivity contribution in [3.05, 3.63) is 35.6 Å². The van der Waals surface area contributed by atoms with E-state index < -0.39 is 0 Å². The van der Waals surface area contributed by atoms with Crippen LogP contribution in [0.4, 0.5) is 4.39 Å². The van der Waals surface area contributed by atoms with Gasteiger partial charge in [-0.05, 0) is 30.5 Å². The van der Waals surface area contributed by atoms with Gasteiger partial charge in [-0.2, -0.15) is 0 Å². The maximum atomic E-state index is 13.0. The number of nitrogens with zero attached hydrogens (tertiary/aromatic N) is 1. The van der Waals surface area contributed by atoms with Crippen molar-refractivity contribution in [2.45, 2.75) is 19.3 Å². The first-order valence-electron chi connectivity index (χ1n) is 9.09. The number of nitrogens with one attached hydrogen (secondary N) is 2. The highest BCUT2D eigenvalue weighted by Gasteiger charge is 2.28. The lowest BCUT2D eigenvalue weighted by Gasteiger charge is -2.32. The van der Waals surface area contributed by atoms with E-state index in [1.165, 1.54) is 12.1 Å². The number of likely N-dealkylation sites (tertiary alicyclic amines) is 1. The monoisotopic (exact) mass is 401 g/mol. The van der Waals surface area contributed by atoms with Gasteiger partial charge in [-0.15, -0.1) is 12.4 Å². The molecule has 8 heteroatoms. The lowest BCUT2D eigenvalue weighted by atomic mass is 9.96. The molecule has 1 fully saturated rings. The van der Waals surface area contributed by atoms with E-state index in [1.807, 2.05) is 0 Å². The lowest BCUT2D eigenvalue weighted by Crippen LogP contribution is -2.46. The summed E-state index contributed by atoms with van der Waals surface area (Å²) in [7, 11) is 1.65. The number of halogens is 2. The van der Waals surface area contributed by atoms with Gasteiger partial charge in [0, 0.05) is 39.8 Å². The zero-order valence-corrected chi connectivity index (χ0v) is 16.5. The third-order valence-corrected chi connectivity index (χ3v) is 4.50. The molecule has 1 heterocycles. The fourth-order valence-electron chi connectivity index (χ4n) is 3.02. The smallest absolute Gasteiger partial charge is 0.227 e. The number of amides is 2. The van der Waals surface area contributed by atoms with E-state index in [1.54, 1.807) is 24.1 Å². The van der Waals surface area contributed by atoms with Crippen LogP contribution in [0.25, 0.3) is 0 Å². The van der Waals surface area contributed by atoms with Gasteiger partial charge in [-0.3, -0.25) is 9.59 Å². The van der Waals surface area contributed by atoms with Crippen LogP contribution < -0.4 is 10.6 Å². The largest absolute Gasteiger partial charge is 0.383 e. The summed E-state index contributed by atoms with van der Waals surface area (Å²) in [5.74, 6) is -0.499. The van der Waals surface area contributed by atoms with Crippen LogP contribution in [0, 0.1) is 11.7 Å². The molecule has 1 aliphatic heterocycles. The Kier molecular flexibility index (Phi) is 10.9. The van der Waals surface area contributed by atoms with Crippen LogP contribution in [0.3, 0.4) is 0 Å². The predicted molar refractivity (Wildman–Crippen MR) is 104 cm³/mol. The maximum Gasteiger partial charge on any atom is 0.227 e. The van der Waals surface area contributed by atoms with E-state index in [-0.39, 0.29) is 42.4 Å². The van der Waals surface area contributed by atoms with Crippen molar-refractivity contribution >= 4 is 24.2 Å². The zero-order valence-electron chi connectivity index (χ0n) is 15.7. The third kappa shape index (κ3) is 8.24.